The Kier molecular flexibility index (Phi) is 3.38. The van der Waals surface area contributed by atoms with E-state index in [1.54, 1.807) is 7.05 Å². The van der Waals surface area contributed by atoms with Crippen LogP contribution in [0.2, 0.25) is 0 Å². The third-order valence-corrected chi connectivity index (χ3v) is 2.03. The molecule has 0 aromatic heterocycles. The highest BCUT2D eigenvalue weighted by Crippen LogP contribution is 2.29. The van der Waals surface area contributed by atoms with Crippen LogP contribution in [-0.4, -0.2) is 7.05 Å². The van der Waals surface area contributed by atoms with E-state index >= 15 is 0 Å². The first-order valence-corrected chi connectivity index (χ1v) is 4.29. The number of nitrogens with one attached hydrogen (secondary N) is 1. The molecule has 0 radical (unpaired) electrons. The minimum Gasteiger partial charge on any atom is -0.303 e. The number of rotatable bonds is 2. The lowest BCUT2D eigenvalue weighted by atomic mass is 10.1. The smallest absolute Gasteiger partial charge is 0.303 e. The molecule has 1 rings (SSSR count). The molecule has 0 spiro atoms. The van der Waals surface area contributed by atoms with E-state index in [0.717, 1.165) is 12.1 Å². The summed E-state index contributed by atoms with van der Waals surface area (Å²) in [6.07, 6.45) is 0.903. The molecule has 0 amide bonds. The number of alkyl halides is 3. The molecule has 0 aliphatic carbocycles. The lowest BCUT2D eigenvalue weighted by Gasteiger charge is -2.11. The maximum Gasteiger partial charge on any atom is 0.416 e. The Hall–Kier alpha value is -1.47. The van der Waals surface area contributed by atoms with Gasteiger partial charge >= 0.3 is 6.18 Å². The van der Waals surface area contributed by atoms with Gasteiger partial charge in [-0.1, -0.05) is 18.1 Å². The number of terminal acetylenes is 1. The van der Waals surface area contributed by atoms with Crippen LogP contribution < -0.4 is 5.32 Å². The average Bonchev–Trinajstić information content (AvgIpc) is 2.19. The monoisotopic (exact) mass is 213 g/mol. The van der Waals surface area contributed by atoms with E-state index in [2.05, 4.69) is 11.2 Å². The first kappa shape index (κ1) is 11.6. The molecule has 1 N–H and O–H groups in total. The van der Waals surface area contributed by atoms with Gasteiger partial charge in [-0.2, -0.15) is 13.2 Å². The van der Waals surface area contributed by atoms with Gasteiger partial charge in [-0.25, -0.2) is 0 Å². The fourth-order valence-electron chi connectivity index (χ4n) is 1.21. The summed E-state index contributed by atoms with van der Waals surface area (Å²) in [6.45, 7) is 0. The highest BCUT2D eigenvalue weighted by molar-refractivity contribution is 5.30. The summed E-state index contributed by atoms with van der Waals surface area (Å²) in [6, 6.07) is 4.45. The Labute approximate surface area is 86.3 Å². The van der Waals surface area contributed by atoms with Crippen LogP contribution in [0.4, 0.5) is 13.2 Å². The minimum atomic E-state index is -4.30. The maximum absolute atomic E-state index is 12.2. The Bertz CT molecular complexity index is 359. The van der Waals surface area contributed by atoms with Gasteiger partial charge in [0.25, 0.3) is 0 Å². The van der Waals surface area contributed by atoms with E-state index in [1.165, 1.54) is 12.1 Å². The van der Waals surface area contributed by atoms with Crippen molar-refractivity contribution in [3.05, 3.63) is 35.4 Å². The molecule has 0 fully saturated rings. The Morgan fingerprint density at radius 3 is 2.13 bits per heavy atom. The third-order valence-electron chi connectivity index (χ3n) is 2.03. The SMILES string of the molecule is C#CC(NC)c1ccc(C(F)(F)F)cc1. The van der Waals surface area contributed by atoms with Gasteiger partial charge < -0.3 is 5.32 Å². The van der Waals surface area contributed by atoms with Gasteiger partial charge in [-0.05, 0) is 24.7 Å². The summed E-state index contributed by atoms with van der Waals surface area (Å²) in [5.41, 5.74) is -0.0221. The molecule has 15 heavy (non-hydrogen) atoms. The third kappa shape index (κ3) is 2.74. The number of hydrogen-bond donors (Lipinski definition) is 1. The molecule has 0 heterocycles. The highest BCUT2D eigenvalue weighted by Gasteiger charge is 2.30. The van der Waals surface area contributed by atoms with Crippen LogP contribution in [0.25, 0.3) is 0 Å². The first-order valence-electron chi connectivity index (χ1n) is 4.29. The molecular formula is C11H10F3N. The standard InChI is InChI=1S/C11H10F3N/c1-3-10(15-2)8-4-6-9(7-5-8)11(12,13)14/h1,4-7,10,15H,2H3. The number of hydrogen-bond acceptors (Lipinski definition) is 1. The number of halogens is 3. The van der Waals surface area contributed by atoms with Crippen LogP contribution >= 0.6 is 0 Å². The average molecular weight is 213 g/mol. The lowest BCUT2D eigenvalue weighted by molar-refractivity contribution is -0.137. The van der Waals surface area contributed by atoms with Crippen molar-refractivity contribution in [2.24, 2.45) is 0 Å². The summed E-state index contributed by atoms with van der Waals surface area (Å²) in [5, 5.41) is 2.81. The molecule has 0 bridgehead atoms. The van der Waals surface area contributed by atoms with Crippen molar-refractivity contribution in [2.75, 3.05) is 7.05 Å². The van der Waals surface area contributed by atoms with Crippen molar-refractivity contribution in [3.63, 3.8) is 0 Å². The zero-order chi connectivity index (χ0) is 11.5. The molecule has 0 saturated carbocycles. The van der Waals surface area contributed by atoms with Crippen LogP contribution in [-0.2, 0) is 6.18 Å². The maximum atomic E-state index is 12.2. The fourth-order valence-corrected chi connectivity index (χ4v) is 1.21. The van der Waals surface area contributed by atoms with Gasteiger partial charge in [0.1, 0.15) is 0 Å². The summed E-state index contributed by atoms with van der Waals surface area (Å²) >= 11 is 0. The zero-order valence-corrected chi connectivity index (χ0v) is 8.10. The van der Waals surface area contributed by atoms with E-state index in [1.807, 2.05) is 0 Å². The zero-order valence-electron chi connectivity index (χ0n) is 8.10. The second kappa shape index (κ2) is 4.37. The highest BCUT2D eigenvalue weighted by atomic mass is 19.4. The molecule has 0 saturated heterocycles. The van der Waals surface area contributed by atoms with E-state index in [-0.39, 0.29) is 6.04 Å². The second-order valence-corrected chi connectivity index (χ2v) is 3.01. The largest absolute Gasteiger partial charge is 0.416 e. The molecular weight excluding hydrogens is 203 g/mol. The molecule has 80 valence electrons. The summed E-state index contributed by atoms with van der Waals surface area (Å²) < 4.78 is 36.7. The predicted molar refractivity (Wildman–Crippen MR) is 52.1 cm³/mol. The van der Waals surface area contributed by atoms with Crippen LogP contribution in [0.15, 0.2) is 24.3 Å². The van der Waals surface area contributed by atoms with Crippen molar-refractivity contribution in [2.45, 2.75) is 12.2 Å². The van der Waals surface area contributed by atoms with Crippen molar-refractivity contribution in [3.8, 4) is 12.3 Å². The molecule has 1 atom stereocenters. The van der Waals surface area contributed by atoms with E-state index in [4.69, 9.17) is 6.42 Å². The van der Waals surface area contributed by atoms with Crippen molar-refractivity contribution in [1.29, 1.82) is 0 Å². The lowest BCUT2D eigenvalue weighted by Crippen LogP contribution is -2.14. The van der Waals surface area contributed by atoms with E-state index < -0.39 is 11.7 Å². The van der Waals surface area contributed by atoms with Crippen LogP contribution in [0.5, 0.6) is 0 Å². The van der Waals surface area contributed by atoms with Crippen LogP contribution in [0.3, 0.4) is 0 Å². The molecule has 4 heteroatoms. The summed E-state index contributed by atoms with van der Waals surface area (Å²) in [5.74, 6) is 2.43. The quantitative estimate of drug-likeness (QED) is 0.744. The molecule has 1 unspecified atom stereocenters. The Morgan fingerprint density at radius 1 is 1.27 bits per heavy atom. The number of benzene rings is 1. The van der Waals surface area contributed by atoms with Crippen LogP contribution in [0, 0.1) is 12.3 Å². The molecule has 0 aliphatic heterocycles. The minimum absolute atomic E-state index is 0.354. The normalized spacial score (nSPS) is 13.3. The first-order chi connectivity index (χ1) is 6.99. The Balaban J connectivity index is 2.96. The van der Waals surface area contributed by atoms with Gasteiger partial charge in [0.05, 0.1) is 11.6 Å². The molecule has 1 nitrogen and oxygen atoms in total. The van der Waals surface area contributed by atoms with E-state index in [9.17, 15) is 13.2 Å². The van der Waals surface area contributed by atoms with Gasteiger partial charge in [0, 0.05) is 0 Å². The predicted octanol–water partition coefficient (Wildman–Crippen LogP) is 2.60. The van der Waals surface area contributed by atoms with Gasteiger partial charge in [-0.3, -0.25) is 0 Å². The summed E-state index contributed by atoms with van der Waals surface area (Å²) in [4.78, 5) is 0. The molecule has 1 aromatic rings. The summed E-state index contributed by atoms with van der Waals surface area (Å²) in [7, 11) is 1.65. The fraction of sp³-hybridized carbons (Fsp3) is 0.273. The van der Waals surface area contributed by atoms with Crippen molar-refractivity contribution in [1.82, 2.24) is 5.32 Å². The Morgan fingerprint density at radius 2 is 1.80 bits per heavy atom. The second-order valence-electron chi connectivity index (χ2n) is 3.01. The van der Waals surface area contributed by atoms with Gasteiger partial charge in [0.15, 0.2) is 0 Å². The van der Waals surface area contributed by atoms with E-state index in [0.29, 0.717) is 5.56 Å². The van der Waals surface area contributed by atoms with Crippen molar-refractivity contribution >= 4 is 0 Å². The molecule has 0 aliphatic rings. The molecule has 1 aromatic carbocycles. The topological polar surface area (TPSA) is 12.0 Å². The van der Waals surface area contributed by atoms with Crippen molar-refractivity contribution < 1.29 is 13.2 Å². The van der Waals surface area contributed by atoms with Gasteiger partial charge in [-0.15, -0.1) is 6.42 Å². The van der Waals surface area contributed by atoms with Crippen LogP contribution in [0.1, 0.15) is 17.2 Å². The van der Waals surface area contributed by atoms with Gasteiger partial charge in [0.2, 0.25) is 0 Å².